The van der Waals surface area contributed by atoms with Crippen LogP contribution in [0.2, 0.25) is 0 Å². The number of rotatable bonds is 4. The van der Waals surface area contributed by atoms with Gasteiger partial charge in [-0.1, -0.05) is 19.0 Å². The molecule has 0 saturated heterocycles. The third kappa shape index (κ3) is 3.44. The number of thiocarbonyl (C=S) groups is 1. The zero-order chi connectivity index (χ0) is 18.0. The van der Waals surface area contributed by atoms with Crippen molar-refractivity contribution in [3.05, 3.63) is 35.7 Å². The maximum Gasteiger partial charge on any atom is 0.309 e. The third-order valence-corrected chi connectivity index (χ3v) is 5.04. The van der Waals surface area contributed by atoms with Gasteiger partial charge in [0.05, 0.1) is 24.3 Å². The number of ether oxygens (including phenoxy) is 2. The van der Waals surface area contributed by atoms with Crippen LogP contribution in [0.5, 0.6) is 0 Å². The molecular weight excluding hydrogens is 342 g/mol. The van der Waals surface area contributed by atoms with E-state index in [1.807, 2.05) is 13.8 Å². The van der Waals surface area contributed by atoms with Crippen LogP contribution in [-0.4, -0.2) is 33.0 Å². The lowest BCUT2D eigenvalue weighted by atomic mass is 9.85. The van der Waals surface area contributed by atoms with E-state index in [4.69, 9.17) is 26.2 Å². The summed E-state index contributed by atoms with van der Waals surface area (Å²) in [6, 6.07) is 0. The van der Waals surface area contributed by atoms with Crippen LogP contribution in [0, 0.1) is 5.92 Å². The zero-order valence-corrected chi connectivity index (χ0v) is 15.3. The van der Waals surface area contributed by atoms with Crippen LogP contribution < -0.4 is 0 Å². The van der Waals surface area contributed by atoms with Crippen LogP contribution in [0.4, 0.5) is 0 Å². The highest BCUT2D eigenvalue weighted by atomic mass is 32.1. The fourth-order valence-corrected chi connectivity index (χ4v) is 3.31. The van der Waals surface area contributed by atoms with E-state index < -0.39 is 0 Å². The largest absolute Gasteiger partial charge is 0.469 e. The van der Waals surface area contributed by atoms with Crippen molar-refractivity contribution < 1.29 is 18.8 Å². The van der Waals surface area contributed by atoms with Crippen molar-refractivity contribution in [1.29, 1.82) is 0 Å². The average Bonchev–Trinajstić information content (AvgIpc) is 3.29. The Labute approximate surface area is 151 Å². The van der Waals surface area contributed by atoms with Gasteiger partial charge in [0.25, 0.3) is 5.17 Å². The van der Waals surface area contributed by atoms with Crippen molar-refractivity contribution >= 4 is 23.4 Å². The van der Waals surface area contributed by atoms with E-state index in [2.05, 4.69) is 10.1 Å². The highest BCUT2D eigenvalue weighted by Crippen LogP contribution is 2.39. The monoisotopic (exact) mass is 363 g/mol. The summed E-state index contributed by atoms with van der Waals surface area (Å²) in [5, 5.41) is 4.56. The molecule has 3 atom stereocenters. The quantitative estimate of drug-likeness (QED) is 0.610. The summed E-state index contributed by atoms with van der Waals surface area (Å²) in [6.45, 7) is 3.77. The fraction of sp³-hybridized carbons (Fsp3) is 0.529. The first-order valence-corrected chi connectivity index (χ1v) is 8.68. The van der Waals surface area contributed by atoms with Crippen molar-refractivity contribution in [3.63, 3.8) is 0 Å². The number of aromatic nitrogens is 3. The first-order valence-electron chi connectivity index (χ1n) is 8.28. The molecule has 0 spiro atoms. The highest BCUT2D eigenvalue weighted by Gasteiger charge is 2.35. The lowest BCUT2D eigenvalue weighted by Gasteiger charge is -2.25. The fourth-order valence-electron chi connectivity index (χ4n) is 3.09. The summed E-state index contributed by atoms with van der Waals surface area (Å²) < 4.78 is 18.1. The minimum Gasteiger partial charge on any atom is -0.469 e. The molecule has 7 nitrogen and oxygen atoms in total. The number of imidazole rings is 1. The van der Waals surface area contributed by atoms with Crippen molar-refractivity contribution in [2.24, 2.45) is 5.92 Å². The Balaban J connectivity index is 1.86. The van der Waals surface area contributed by atoms with Crippen LogP contribution in [0.3, 0.4) is 0 Å². The van der Waals surface area contributed by atoms with E-state index in [-0.39, 0.29) is 23.9 Å². The number of hydrogen-bond donors (Lipinski definition) is 0. The Bertz CT molecular complexity index is 756. The number of methoxy groups -OCH3 is 1. The number of nitrogens with zero attached hydrogens (tertiary/aromatic N) is 3. The van der Waals surface area contributed by atoms with Gasteiger partial charge >= 0.3 is 5.97 Å². The molecular formula is C17H21N3O4S. The number of carbonyl (C=O) groups is 1. The zero-order valence-electron chi connectivity index (χ0n) is 14.5. The normalized spacial score (nSPS) is 18.9. The molecule has 0 N–H and O–H groups in total. The molecule has 134 valence electrons. The maximum atomic E-state index is 11.9. The first-order chi connectivity index (χ1) is 12.0. The number of fused-ring (bicyclic) bond motifs is 1. The molecule has 0 saturated carbocycles. The molecule has 25 heavy (non-hydrogen) atoms. The van der Waals surface area contributed by atoms with Crippen LogP contribution in [0.1, 0.15) is 55.7 Å². The van der Waals surface area contributed by atoms with Crippen LogP contribution in [0.25, 0.3) is 0 Å². The number of hydrogen-bond acceptors (Lipinski definition) is 7. The number of aryl methyl sites for hydroxylation is 1. The molecule has 0 aliphatic heterocycles. The van der Waals surface area contributed by atoms with Crippen molar-refractivity contribution in [1.82, 2.24) is 14.7 Å². The van der Waals surface area contributed by atoms with E-state index in [9.17, 15) is 4.79 Å². The van der Waals surface area contributed by atoms with Gasteiger partial charge in [0.1, 0.15) is 18.2 Å². The van der Waals surface area contributed by atoms with Crippen LogP contribution in [-0.2, 0) is 20.7 Å². The van der Waals surface area contributed by atoms with Gasteiger partial charge in [-0.15, -0.1) is 0 Å². The molecule has 1 aliphatic carbocycles. The average molecular weight is 363 g/mol. The van der Waals surface area contributed by atoms with E-state index in [0.717, 1.165) is 36.3 Å². The van der Waals surface area contributed by atoms with Crippen molar-refractivity contribution in [2.45, 2.75) is 45.1 Å². The third-order valence-electron chi connectivity index (χ3n) is 4.74. The van der Waals surface area contributed by atoms with Crippen LogP contribution in [0.15, 0.2) is 23.2 Å². The Morgan fingerprint density at radius 2 is 2.28 bits per heavy atom. The Morgan fingerprint density at radius 1 is 1.48 bits per heavy atom. The summed E-state index contributed by atoms with van der Waals surface area (Å²) >= 11 is 5.35. The second kappa shape index (κ2) is 7.35. The first kappa shape index (κ1) is 17.6. The molecule has 0 aromatic carbocycles. The van der Waals surface area contributed by atoms with E-state index in [0.29, 0.717) is 5.17 Å². The smallest absolute Gasteiger partial charge is 0.309 e. The van der Waals surface area contributed by atoms with Gasteiger partial charge in [-0.25, -0.2) is 4.98 Å². The summed E-state index contributed by atoms with van der Waals surface area (Å²) in [5.41, 5.74) is 1.66. The van der Waals surface area contributed by atoms with Gasteiger partial charge in [0, 0.05) is 24.7 Å². The van der Waals surface area contributed by atoms with Gasteiger partial charge in [-0.3, -0.25) is 9.36 Å². The van der Waals surface area contributed by atoms with Gasteiger partial charge in [-0.2, -0.15) is 0 Å². The Kier molecular flexibility index (Phi) is 5.17. The molecule has 3 rings (SSSR count). The molecule has 8 heteroatoms. The van der Waals surface area contributed by atoms with Gasteiger partial charge < -0.3 is 14.0 Å². The van der Waals surface area contributed by atoms with Gasteiger partial charge in [-0.05, 0) is 25.1 Å². The second-order valence-electron chi connectivity index (χ2n) is 6.24. The second-order valence-corrected chi connectivity index (χ2v) is 6.59. The summed E-state index contributed by atoms with van der Waals surface area (Å²) in [6.07, 6.45) is 7.29. The van der Waals surface area contributed by atoms with Crippen molar-refractivity contribution in [2.75, 3.05) is 7.11 Å². The minimum absolute atomic E-state index is 0.147. The summed E-state index contributed by atoms with van der Waals surface area (Å²) in [4.78, 5) is 15.9. The van der Waals surface area contributed by atoms with E-state index in [1.54, 1.807) is 23.3 Å². The highest BCUT2D eigenvalue weighted by molar-refractivity contribution is 7.80. The molecule has 1 aliphatic rings. The molecule has 0 radical (unpaired) electrons. The lowest BCUT2D eigenvalue weighted by molar-refractivity contribution is -0.145. The van der Waals surface area contributed by atoms with Gasteiger partial charge in [0.2, 0.25) is 0 Å². The Morgan fingerprint density at radius 3 is 2.96 bits per heavy atom. The standard InChI is InChI=1S/C17H21N3O4S/c1-10(11(2)16(21)22-3)15-14-12(5-4-6-13(14)24-19-15)23-17(25)20-8-7-18-9-20/h7-12H,4-6H2,1-3H3. The molecule has 0 bridgehead atoms. The van der Waals surface area contributed by atoms with Crippen molar-refractivity contribution in [3.8, 4) is 0 Å². The molecule has 3 unspecified atom stereocenters. The summed E-state index contributed by atoms with van der Waals surface area (Å²) in [7, 11) is 1.39. The predicted octanol–water partition coefficient (Wildman–Crippen LogP) is 3.01. The molecule has 2 aromatic heterocycles. The number of esters is 1. The molecule has 2 aromatic rings. The molecule has 0 amide bonds. The van der Waals surface area contributed by atoms with E-state index in [1.165, 1.54) is 7.11 Å². The molecule has 2 heterocycles. The lowest BCUT2D eigenvalue weighted by Crippen LogP contribution is -2.23. The Hall–Kier alpha value is -2.22. The SMILES string of the molecule is COC(=O)C(C)C(C)c1noc2c1C(OC(=S)n1ccnc1)CCC2. The summed E-state index contributed by atoms with van der Waals surface area (Å²) in [5.74, 6) is 0.0587. The number of carbonyl (C=O) groups excluding carboxylic acids is 1. The van der Waals surface area contributed by atoms with Crippen LogP contribution >= 0.6 is 12.2 Å². The predicted molar refractivity (Wildman–Crippen MR) is 93.1 cm³/mol. The molecule has 0 fully saturated rings. The topological polar surface area (TPSA) is 79.4 Å². The maximum absolute atomic E-state index is 11.9. The van der Waals surface area contributed by atoms with Gasteiger partial charge in [0.15, 0.2) is 0 Å². The minimum atomic E-state index is -0.331. The van der Waals surface area contributed by atoms with E-state index >= 15 is 0 Å².